The van der Waals surface area contributed by atoms with Crippen LogP contribution in [0.25, 0.3) is 22.2 Å². The van der Waals surface area contributed by atoms with Gasteiger partial charge in [-0.15, -0.1) is 0 Å². The van der Waals surface area contributed by atoms with Crippen LogP contribution in [-0.2, 0) is 6.42 Å². The summed E-state index contributed by atoms with van der Waals surface area (Å²) in [6, 6.07) is 13.2. The molecule has 2 aromatic carbocycles. The summed E-state index contributed by atoms with van der Waals surface area (Å²) < 4.78 is 0. The first-order valence-electron chi connectivity index (χ1n) is 7.43. The smallest absolute Gasteiger partial charge is 0.336 e. The molecule has 0 saturated carbocycles. The molecule has 0 bridgehead atoms. The number of fused-ring (bicyclic) bond motifs is 1. The van der Waals surface area contributed by atoms with Gasteiger partial charge in [0.2, 0.25) is 0 Å². The topological polar surface area (TPSA) is 50.2 Å². The van der Waals surface area contributed by atoms with Crippen molar-refractivity contribution in [3.63, 3.8) is 0 Å². The highest BCUT2D eigenvalue weighted by Crippen LogP contribution is 2.31. The molecule has 0 unspecified atom stereocenters. The first-order chi connectivity index (χ1) is 11.0. The largest absolute Gasteiger partial charge is 0.478 e. The number of aromatic carboxylic acids is 1. The van der Waals surface area contributed by atoms with E-state index >= 15 is 0 Å². The van der Waals surface area contributed by atoms with E-state index in [0.29, 0.717) is 21.6 Å². The molecule has 1 aromatic heterocycles. The third-order valence-corrected chi connectivity index (χ3v) is 4.31. The first-order valence-corrected chi connectivity index (χ1v) is 7.81. The number of hydrogen-bond donors (Lipinski definition) is 1. The maximum absolute atomic E-state index is 11.7. The summed E-state index contributed by atoms with van der Waals surface area (Å²) in [5, 5.41) is 10.5. The van der Waals surface area contributed by atoms with Gasteiger partial charge in [-0.25, -0.2) is 9.78 Å². The molecular weight excluding hydrogens is 310 g/mol. The van der Waals surface area contributed by atoms with E-state index in [2.05, 4.69) is 11.9 Å². The molecule has 3 rings (SSSR count). The fourth-order valence-corrected chi connectivity index (χ4v) is 2.91. The molecule has 0 fully saturated rings. The lowest BCUT2D eigenvalue weighted by atomic mass is 10.0. The lowest BCUT2D eigenvalue weighted by Crippen LogP contribution is -2.02. The normalized spacial score (nSPS) is 10.9. The number of rotatable bonds is 3. The highest BCUT2D eigenvalue weighted by atomic mass is 35.5. The van der Waals surface area contributed by atoms with Crippen molar-refractivity contribution < 1.29 is 9.90 Å². The number of carboxylic acid groups (broad SMARTS) is 1. The predicted molar refractivity (Wildman–Crippen MR) is 93.3 cm³/mol. The van der Waals surface area contributed by atoms with E-state index in [0.717, 1.165) is 17.5 Å². The molecule has 3 nitrogen and oxygen atoms in total. The molecule has 116 valence electrons. The zero-order valence-corrected chi connectivity index (χ0v) is 13.7. The van der Waals surface area contributed by atoms with Crippen LogP contribution in [0.1, 0.15) is 28.4 Å². The average molecular weight is 326 g/mol. The van der Waals surface area contributed by atoms with Gasteiger partial charge in [0.25, 0.3) is 0 Å². The Balaban J connectivity index is 2.30. The molecule has 0 radical (unpaired) electrons. The van der Waals surface area contributed by atoms with Crippen LogP contribution in [0.3, 0.4) is 0 Å². The molecule has 0 aliphatic carbocycles. The molecule has 0 saturated heterocycles. The van der Waals surface area contributed by atoms with Crippen molar-refractivity contribution in [1.29, 1.82) is 0 Å². The highest BCUT2D eigenvalue weighted by molar-refractivity contribution is 6.36. The Labute approximate surface area is 139 Å². The Morgan fingerprint density at radius 2 is 1.87 bits per heavy atom. The van der Waals surface area contributed by atoms with Crippen LogP contribution < -0.4 is 0 Å². The Bertz CT molecular complexity index is 901. The maximum atomic E-state index is 11.7. The van der Waals surface area contributed by atoms with Gasteiger partial charge in [-0.3, -0.25) is 0 Å². The summed E-state index contributed by atoms with van der Waals surface area (Å²) in [5.41, 5.74) is 4.48. The van der Waals surface area contributed by atoms with Crippen molar-refractivity contribution in [1.82, 2.24) is 4.98 Å². The van der Waals surface area contributed by atoms with E-state index in [-0.39, 0.29) is 5.56 Å². The minimum Gasteiger partial charge on any atom is -0.478 e. The number of halogens is 1. The van der Waals surface area contributed by atoms with E-state index in [1.54, 1.807) is 12.1 Å². The van der Waals surface area contributed by atoms with Gasteiger partial charge < -0.3 is 5.11 Å². The van der Waals surface area contributed by atoms with Crippen molar-refractivity contribution in [2.45, 2.75) is 20.3 Å². The second-order valence-electron chi connectivity index (χ2n) is 5.50. The van der Waals surface area contributed by atoms with Crippen molar-refractivity contribution in [3.8, 4) is 11.3 Å². The van der Waals surface area contributed by atoms with Crippen molar-refractivity contribution in [2.24, 2.45) is 0 Å². The van der Waals surface area contributed by atoms with E-state index in [9.17, 15) is 9.90 Å². The number of carboxylic acids is 1. The van der Waals surface area contributed by atoms with Gasteiger partial charge in [0.1, 0.15) is 0 Å². The van der Waals surface area contributed by atoms with Crippen LogP contribution in [0.15, 0.2) is 42.5 Å². The summed E-state index contributed by atoms with van der Waals surface area (Å²) in [6.07, 6.45) is 0.959. The second kappa shape index (κ2) is 6.01. The standard InChI is InChI=1S/C19H16ClNO2/c1-3-12-5-7-13(8-6-12)16-10-14(19(22)23)17-15(20)9-4-11(2)18(17)21-16/h4-10H,3H2,1-2H3,(H,22,23). The minimum atomic E-state index is -1.00. The Hall–Kier alpha value is -2.39. The zero-order chi connectivity index (χ0) is 16.6. The number of hydrogen-bond acceptors (Lipinski definition) is 2. The van der Waals surface area contributed by atoms with E-state index in [1.165, 1.54) is 5.56 Å². The Kier molecular flexibility index (Phi) is 4.05. The van der Waals surface area contributed by atoms with E-state index in [4.69, 9.17) is 11.6 Å². The number of benzene rings is 2. The van der Waals surface area contributed by atoms with Gasteiger partial charge >= 0.3 is 5.97 Å². The molecule has 23 heavy (non-hydrogen) atoms. The molecule has 1 heterocycles. The van der Waals surface area contributed by atoms with Gasteiger partial charge in [-0.05, 0) is 36.6 Å². The lowest BCUT2D eigenvalue weighted by Gasteiger charge is -2.11. The van der Waals surface area contributed by atoms with E-state index in [1.807, 2.05) is 37.3 Å². The van der Waals surface area contributed by atoms with Gasteiger partial charge in [-0.2, -0.15) is 0 Å². The van der Waals surface area contributed by atoms with Gasteiger partial charge in [0.05, 0.1) is 21.8 Å². The zero-order valence-electron chi connectivity index (χ0n) is 12.9. The van der Waals surface area contributed by atoms with Gasteiger partial charge in [0, 0.05) is 10.9 Å². The number of nitrogens with zero attached hydrogens (tertiary/aromatic N) is 1. The molecule has 3 aromatic rings. The Morgan fingerprint density at radius 1 is 1.17 bits per heavy atom. The summed E-state index contributed by atoms with van der Waals surface area (Å²) in [6.45, 7) is 4.00. The molecule has 1 N–H and O–H groups in total. The highest BCUT2D eigenvalue weighted by Gasteiger charge is 2.16. The molecule has 4 heteroatoms. The van der Waals surface area contributed by atoms with Gasteiger partial charge in [-0.1, -0.05) is 48.9 Å². The quantitative estimate of drug-likeness (QED) is 0.726. The summed E-state index contributed by atoms with van der Waals surface area (Å²) in [7, 11) is 0. The molecule has 0 spiro atoms. The van der Waals surface area contributed by atoms with Crippen LogP contribution >= 0.6 is 11.6 Å². The lowest BCUT2D eigenvalue weighted by molar-refractivity contribution is 0.0699. The number of carbonyl (C=O) groups is 1. The average Bonchev–Trinajstić information content (AvgIpc) is 2.57. The number of pyridine rings is 1. The predicted octanol–water partition coefficient (Wildman–Crippen LogP) is 5.12. The number of aromatic nitrogens is 1. The SMILES string of the molecule is CCc1ccc(-c2cc(C(=O)O)c3c(Cl)ccc(C)c3n2)cc1. The van der Waals surface area contributed by atoms with E-state index < -0.39 is 5.97 Å². The summed E-state index contributed by atoms with van der Waals surface area (Å²) in [5.74, 6) is -1.00. The van der Waals surface area contributed by atoms with Crippen LogP contribution in [0.4, 0.5) is 0 Å². The summed E-state index contributed by atoms with van der Waals surface area (Å²) in [4.78, 5) is 16.3. The molecule has 0 atom stereocenters. The fraction of sp³-hybridized carbons (Fsp3) is 0.158. The summed E-state index contributed by atoms with van der Waals surface area (Å²) >= 11 is 6.21. The van der Waals surface area contributed by atoms with Crippen molar-refractivity contribution in [2.75, 3.05) is 0 Å². The molecule has 0 aliphatic heterocycles. The third-order valence-electron chi connectivity index (χ3n) is 4.00. The minimum absolute atomic E-state index is 0.179. The maximum Gasteiger partial charge on any atom is 0.336 e. The Morgan fingerprint density at radius 3 is 2.48 bits per heavy atom. The molecule has 0 amide bonds. The fourth-order valence-electron chi connectivity index (χ4n) is 2.66. The first kappa shape index (κ1) is 15.5. The van der Waals surface area contributed by atoms with Crippen LogP contribution in [0.2, 0.25) is 5.02 Å². The second-order valence-corrected chi connectivity index (χ2v) is 5.91. The van der Waals surface area contributed by atoms with Gasteiger partial charge in [0.15, 0.2) is 0 Å². The molecule has 0 aliphatic rings. The van der Waals surface area contributed by atoms with Crippen molar-refractivity contribution >= 4 is 28.5 Å². The van der Waals surface area contributed by atoms with Crippen LogP contribution in [-0.4, -0.2) is 16.1 Å². The molecular formula is C19H16ClNO2. The van der Waals surface area contributed by atoms with Crippen LogP contribution in [0.5, 0.6) is 0 Å². The monoisotopic (exact) mass is 325 g/mol. The van der Waals surface area contributed by atoms with Crippen molar-refractivity contribution in [3.05, 3.63) is 64.2 Å². The third kappa shape index (κ3) is 2.80. The number of aryl methyl sites for hydroxylation is 2. The van der Waals surface area contributed by atoms with Crippen LogP contribution in [0, 0.1) is 6.92 Å².